The van der Waals surface area contributed by atoms with Crippen molar-refractivity contribution < 1.29 is 18.0 Å². The lowest BCUT2D eigenvalue weighted by molar-refractivity contribution is -0.164. The second kappa shape index (κ2) is 9.54. The third-order valence-electron chi connectivity index (χ3n) is 5.70. The lowest BCUT2D eigenvalue weighted by atomic mass is 10.2. The summed E-state index contributed by atoms with van der Waals surface area (Å²) in [5.74, 6) is -0.0385. The number of carbonyl (C=O) groups is 1. The molecule has 0 aliphatic heterocycles. The van der Waals surface area contributed by atoms with E-state index in [0.717, 1.165) is 46.3 Å². The number of amides is 1. The highest BCUT2D eigenvalue weighted by molar-refractivity contribution is 7.99. The summed E-state index contributed by atoms with van der Waals surface area (Å²) >= 11 is 1.09. The Bertz CT molecular complexity index is 1110. The standard InChI is InChI=1S/C23H24F3N5OS/c1-15-6-3-4-8-19(15)31-21(18-7-5-11-27-12-18)28-29-22(31)33-13-20(32)30(14-23(24,25)26)16(2)17-9-10-17/h3-8,11-12,16-17H,9-10,13-14H2,1-2H3. The molecule has 1 saturated carbocycles. The van der Waals surface area contributed by atoms with E-state index in [0.29, 0.717) is 11.0 Å². The van der Waals surface area contributed by atoms with Gasteiger partial charge in [-0.1, -0.05) is 30.0 Å². The lowest BCUT2D eigenvalue weighted by Crippen LogP contribution is -2.46. The monoisotopic (exact) mass is 475 g/mol. The topological polar surface area (TPSA) is 63.9 Å². The van der Waals surface area contributed by atoms with E-state index in [1.165, 1.54) is 0 Å². The molecule has 33 heavy (non-hydrogen) atoms. The Morgan fingerprint density at radius 3 is 2.61 bits per heavy atom. The van der Waals surface area contributed by atoms with E-state index in [1.807, 2.05) is 41.8 Å². The number of nitrogens with zero attached hydrogens (tertiary/aromatic N) is 5. The first-order chi connectivity index (χ1) is 15.7. The molecule has 1 amide bonds. The van der Waals surface area contributed by atoms with Crippen molar-refractivity contribution >= 4 is 17.7 Å². The summed E-state index contributed by atoms with van der Waals surface area (Å²) in [6.07, 6.45) is 0.583. The van der Waals surface area contributed by atoms with E-state index in [1.54, 1.807) is 25.4 Å². The molecule has 1 unspecified atom stereocenters. The number of thioether (sulfide) groups is 1. The van der Waals surface area contributed by atoms with Crippen LogP contribution in [0.3, 0.4) is 0 Å². The molecule has 174 valence electrons. The van der Waals surface area contributed by atoms with Gasteiger partial charge >= 0.3 is 6.18 Å². The number of hydrogen-bond donors (Lipinski definition) is 0. The minimum absolute atomic E-state index is 0.133. The van der Waals surface area contributed by atoms with Crippen LogP contribution in [0.4, 0.5) is 13.2 Å². The number of aryl methyl sites for hydroxylation is 1. The van der Waals surface area contributed by atoms with Crippen LogP contribution in [0, 0.1) is 12.8 Å². The number of aromatic nitrogens is 4. The van der Waals surface area contributed by atoms with Gasteiger partial charge in [-0.3, -0.25) is 14.3 Å². The largest absolute Gasteiger partial charge is 0.406 e. The molecule has 1 aromatic carbocycles. The highest BCUT2D eigenvalue weighted by Crippen LogP contribution is 2.37. The summed E-state index contributed by atoms with van der Waals surface area (Å²) in [6, 6.07) is 10.9. The zero-order chi connectivity index (χ0) is 23.6. The minimum Gasteiger partial charge on any atom is -0.330 e. The van der Waals surface area contributed by atoms with Crippen LogP contribution < -0.4 is 0 Å². The van der Waals surface area contributed by atoms with Crippen molar-refractivity contribution in [3.63, 3.8) is 0 Å². The van der Waals surface area contributed by atoms with Crippen LogP contribution in [-0.2, 0) is 4.79 Å². The molecule has 1 fully saturated rings. The molecule has 1 atom stereocenters. The molecule has 2 heterocycles. The van der Waals surface area contributed by atoms with E-state index in [-0.39, 0.29) is 11.7 Å². The molecular weight excluding hydrogens is 451 g/mol. The van der Waals surface area contributed by atoms with Gasteiger partial charge in [0.05, 0.1) is 11.4 Å². The van der Waals surface area contributed by atoms with E-state index in [4.69, 9.17) is 0 Å². The van der Waals surface area contributed by atoms with Crippen molar-refractivity contribution in [2.75, 3.05) is 12.3 Å². The summed E-state index contributed by atoms with van der Waals surface area (Å²) in [5, 5.41) is 9.00. The molecule has 0 N–H and O–H groups in total. The Balaban J connectivity index is 1.62. The first-order valence-corrected chi connectivity index (χ1v) is 11.6. The van der Waals surface area contributed by atoms with Crippen molar-refractivity contribution in [1.29, 1.82) is 0 Å². The molecule has 4 rings (SSSR count). The molecule has 2 aromatic heterocycles. The van der Waals surface area contributed by atoms with Gasteiger partial charge in [-0.25, -0.2) is 0 Å². The van der Waals surface area contributed by atoms with Gasteiger partial charge in [0.15, 0.2) is 11.0 Å². The summed E-state index contributed by atoms with van der Waals surface area (Å²) in [6.45, 7) is 2.40. The lowest BCUT2D eigenvalue weighted by Gasteiger charge is -2.30. The normalized spacial score (nSPS) is 14.8. The summed E-state index contributed by atoms with van der Waals surface area (Å²) in [4.78, 5) is 18.0. The van der Waals surface area contributed by atoms with E-state index >= 15 is 0 Å². The average molecular weight is 476 g/mol. The number of alkyl halides is 3. The molecule has 10 heteroatoms. The molecule has 3 aromatic rings. The number of pyridine rings is 1. The van der Waals surface area contributed by atoms with Crippen LogP contribution in [0.5, 0.6) is 0 Å². The van der Waals surface area contributed by atoms with Crippen LogP contribution in [-0.4, -0.2) is 55.1 Å². The maximum atomic E-state index is 13.2. The molecule has 0 radical (unpaired) electrons. The van der Waals surface area contributed by atoms with Crippen LogP contribution in [0.1, 0.15) is 25.3 Å². The molecule has 0 spiro atoms. The molecule has 6 nitrogen and oxygen atoms in total. The number of carbonyl (C=O) groups excluding carboxylic acids is 1. The maximum absolute atomic E-state index is 13.2. The molecule has 0 bridgehead atoms. The van der Waals surface area contributed by atoms with Gasteiger partial charge in [-0.05, 0) is 56.4 Å². The number of benzene rings is 1. The third kappa shape index (κ3) is 5.55. The molecular formula is C23H24F3N5OS. The van der Waals surface area contributed by atoms with Gasteiger partial charge in [0.1, 0.15) is 6.54 Å². The van der Waals surface area contributed by atoms with Gasteiger partial charge in [0.2, 0.25) is 5.91 Å². The fraction of sp³-hybridized carbons (Fsp3) is 0.391. The highest BCUT2D eigenvalue weighted by Gasteiger charge is 2.40. The predicted octanol–water partition coefficient (Wildman–Crippen LogP) is 4.92. The van der Waals surface area contributed by atoms with Gasteiger partial charge in [0.25, 0.3) is 0 Å². The van der Waals surface area contributed by atoms with Crippen molar-refractivity contribution in [3.8, 4) is 17.1 Å². The van der Waals surface area contributed by atoms with Gasteiger partial charge < -0.3 is 4.90 Å². The second-order valence-electron chi connectivity index (χ2n) is 8.17. The molecule has 1 aliphatic rings. The van der Waals surface area contributed by atoms with Crippen molar-refractivity contribution in [2.24, 2.45) is 5.92 Å². The van der Waals surface area contributed by atoms with Crippen molar-refractivity contribution in [2.45, 2.75) is 44.1 Å². The molecule has 1 aliphatic carbocycles. The van der Waals surface area contributed by atoms with Crippen LogP contribution >= 0.6 is 11.8 Å². The second-order valence-corrected chi connectivity index (χ2v) is 9.12. The van der Waals surface area contributed by atoms with Gasteiger partial charge in [-0.15, -0.1) is 10.2 Å². The van der Waals surface area contributed by atoms with Crippen LogP contribution in [0.2, 0.25) is 0 Å². The predicted molar refractivity (Wildman–Crippen MR) is 120 cm³/mol. The number of rotatable bonds is 8. The SMILES string of the molecule is Cc1ccccc1-n1c(SCC(=O)N(CC(F)(F)F)C(C)C2CC2)nnc1-c1cccnc1. The summed E-state index contributed by atoms with van der Waals surface area (Å²) in [7, 11) is 0. The van der Waals surface area contributed by atoms with E-state index < -0.39 is 24.7 Å². The fourth-order valence-electron chi connectivity index (χ4n) is 3.77. The van der Waals surface area contributed by atoms with Crippen molar-refractivity contribution in [3.05, 3.63) is 54.4 Å². The van der Waals surface area contributed by atoms with Gasteiger partial charge in [0, 0.05) is 24.0 Å². The third-order valence-corrected chi connectivity index (χ3v) is 6.61. The molecule has 0 saturated heterocycles. The Kier molecular flexibility index (Phi) is 6.73. The zero-order valence-electron chi connectivity index (χ0n) is 18.3. The van der Waals surface area contributed by atoms with Gasteiger partial charge in [-0.2, -0.15) is 13.2 Å². The Hall–Kier alpha value is -2.88. The van der Waals surface area contributed by atoms with E-state index in [9.17, 15) is 18.0 Å². The number of halogens is 3. The fourth-order valence-corrected chi connectivity index (χ4v) is 4.60. The zero-order valence-corrected chi connectivity index (χ0v) is 19.1. The maximum Gasteiger partial charge on any atom is 0.406 e. The van der Waals surface area contributed by atoms with Crippen molar-refractivity contribution in [1.82, 2.24) is 24.6 Å². The van der Waals surface area contributed by atoms with Crippen LogP contribution in [0.15, 0.2) is 53.9 Å². The summed E-state index contributed by atoms with van der Waals surface area (Å²) < 4.78 is 41.3. The van der Waals surface area contributed by atoms with Crippen LogP contribution in [0.25, 0.3) is 17.1 Å². The number of hydrogen-bond acceptors (Lipinski definition) is 5. The summed E-state index contributed by atoms with van der Waals surface area (Å²) in [5.41, 5.74) is 2.54. The first kappa shape index (κ1) is 23.3. The average Bonchev–Trinajstić information content (AvgIpc) is 3.55. The Morgan fingerprint density at radius 1 is 1.21 bits per heavy atom. The minimum atomic E-state index is -4.45. The first-order valence-electron chi connectivity index (χ1n) is 10.7. The highest BCUT2D eigenvalue weighted by atomic mass is 32.2. The Labute approximate surface area is 194 Å². The quantitative estimate of drug-likeness (QED) is 0.433. The number of para-hydroxylation sites is 1. The Morgan fingerprint density at radius 2 is 1.97 bits per heavy atom. The smallest absolute Gasteiger partial charge is 0.330 e. The van der Waals surface area contributed by atoms with E-state index in [2.05, 4.69) is 15.2 Å².